The molecule has 0 radical (unpaired) electrons. The van der Waals surface area contributed by atoms with Crippen molar-refractivity contribution in [3.63, 3.8) is 0 Å². The van der Waals surface area contributed by atoms with Crippen molar-refractivity contribution in [2.75, 3.05) is 19.7 Å². The third-order valence-corrected chi connectivity index (χ3v) is 3.32. The second kappa shape index (κ2) is 8.48. The summed E-state index contributed by atoms with van der Waals surface area (Å²) in [4.78, 5) is 11.5. The summed E-state index contributed by atoms with van der Waals surface area (Å²) in [7, 11) is 0. The molecule has 1 fully saturated rings. The highest BCUT2D eigenvalue weighted by Crippen LogP contribution is 2.15. The van der Waals surface area contributed by atoms with Gasteiger partial charge in [0.2, 0.25) is 5.91 Å². The molecule has 0 aromatic heterocycles. The molecule has 1 aliphatic rings. The lowest BCUT2D eigenvalue weighted by Gasteiger charge is -2.29. The van der Waals surface area contributed by atoms with Crippen LogP contribution in [0.4, 0.5) is 0 Å². The van der Waals surface area contributed by atoms with Gasteiger partial charge in [-0.15, -0.1) is 0 Å². The van der Waals surface area contributed by atoms with Gasteiger partial charge in [0.05, 0.1) is 6.10 Å². The highest BCUT2D eigenvalue weighted by Gasteiger charge is 2.20. The van der Waals surface area contributed by atoms with E-state index in [4.69, 9.17) is 4.74 Å². The number of nitrogens with one attached hydrogen (secondary N) is 2. The van der Waals surface area contributed by atoms with Gasteiger partial charge < -0.3 is 15.4 Å². The van der Waals surface area contributed by atoms with Gasteiger partial charge in [-0.05, 0) is 25.2 Å². The van der Waals surface area contributed by atoms with Crippen LogP contribution in [0.15, 0.2) is 0 Å². The number of rotatable bonds is 7. The molecule has 2 atom stereocenters. The Morgan fingerprint density at radius 3 is 2.89 bits per heavy atom. The lowest BCUT2D eigenvalue weighted by Crippen LogP contribution is -2.40. The maximum Gasteiger partial charge on any atom is 0.221 e. The van der Waals surface area contributed by atoms with E-state index in [-0.39, 0.29) is 5.91 Å². The van der Waals surface area contributed by atoms with Crippen LogP contribution in [0.3, 0.4) is 0 Å². The van der Waals surface area contributed by atoms with Gasteiger partial charge in [0.1, 0.15) is 0 Å². The van der Waals surface area contributed by atoms with E-state index < -0.39 is 0 Å². The van der Waals surface area contributed by atoms with Crippen LogP contribution in [0.1, 0.15) is 46.5 Å². The summed E-state index contributed by atoms with van der Waals surface area (Å²) in [5, 5.41) is 6.40. The SMILES string of the molecule is CCC1CC(NCCC(=O)NCC(C)C)CCO1. The van der Waals surface area contributed by atoms with Crippen molar-refractivity contribution >= 4 is 5.91 Å². The second-order valence-electron chi connectivity index (χ2n) is 5.52. The van der Waals surface area contributed by atoms with Gasteiger partial charge in [-0.1, -0.05) is 20.8 Å². The number of hydrogen-bond donors (Lipinski definition) is 2. The quantitative estimate of drug-likeness (QED) is 0.729. The predicted octanol–water partition coefficient (Wildman–Crippen LogP) is 1.70. The third kappa shape index (κ3) is 6.36. The van der Waals surface area contributed by atoms with Crippen molar-refractivity contribution in [1.82, 2.24) is 10.6 Å². The Bertz CT molecular complexity index is 244. The zero-order valence-electron chi connectivity index (χ0n) is 12.0. The molecule has 2 unspecified atom stereocenters. The van der Waals surface area contributed by atoms with Crippen LogP contribution in [-0.4, -0.2) is 37.7 Å². The highest BCUT2D eigenvalue weighted by atomic mass is 16.5. The minimum absolute atomic E-state index is 0.148. The molecule has 1 rings (SSSR count). The molecule has 4 nitrogen and oxygen atoms in total. The van der Waals surface area contributed by atoms with Gasteiger partial charge in [-0.25, -0.2) is 0 Å². The van der Waals surface area contributed by atoms with E-state index in [0.29, 0.717) is 24.5 Å². The van der Waals surface area contributed by atoms with Crippen LogP contribution >= 0.6 is 0 Å². The van der Waals surface area contributed by atoms with E-state index in [1.54, 1.807) is 0 Å². The molecule has 0 bridgehead atoms. The Kier molecular flexibility index (Phi) is 7.28. The van der Waals surface area contributed by atoms with Crippen molar-refractivity contribution in [2.45, 2.75) is 58.6 Å². The van der Waals surface area contributed by atoms with Gasteiger partial charge in [0.25, 0.3) is 0 Å². The standard InChI is InChI=1S/C14H28N2O2/c1-4-13-9-12(6-8-18-13)15-7-5-14(17)16-10-11(2)3/h11-13,15H,4-10H2,1-3H3,(H,16,17). The Hall–Kier alpha value is -0.610. The highest BCUT2D eigenvalue weighted by molar-refractivity contribution is 5.76. The maximum atomic E-state index is 11.5. The zero-order valence-corrected chi connectivity index (χ0v) is 12.0. The summed E-state index contributed by atoms with van der Waals surface area (Å²) in [6.07, 6.45) is 4.17. The minimum atomic E-state index is 0.148. The van der Waals surface area contributed by atoms with E-state index >= 15 is 0 Å². The van der Waals surface area contributed by atoms with Crippen LogP contribution < -0.4 is 10.6 Å². The molecule has 106 valence electrons. The first-order chi connectivity index (χ1) is 8.61. The summed E-state index contributed by atoms with van der Waals surface area (Å²) in [6, 6.07) is 0.515. The lowest BCUT2D eigenvalue weighted by molar-refractivity contribution is -0.121. The van der Waals surface area contributed by atoms with Crippen molar-refractivity contribution < 1.29 is 9.53 Å². The fourth-order valence-electron chi connectivity index (χ4n) is 2.15. The Labute approximate surface area is 111 Å². The van der Waals surface area contributed by atoms with Gasteiger partial charge in [-0.3, -0.25) is 4.79 Å². The first kappa shape index (κ1) is 15.4. The average molecular weight is 256 g/mol. The third-order valence-electron chi connectivity index (χ3n) is 3.32. The van der Waals surface area contributed by atoms with E-state index in [1.165, 1.54) is 0 Å². The average Bonchev–Trinajstić information content (AvgIpc) is 2.36. The number of hydrogen-bond acceptors (Lipinski definition) is 3. The molecule has 0 saturated carbocycles. The van der Waals surface area contributed by atoms with Crippen molar-refractivity contribution in [3.05, 3.63) is 0 Å². The Morgan fingerprint density at radius 1 is 1.44 bits per heavy atom. The first-order valence-electron chi connectivity index (χ1n) is 7.23. The molecule has 0 aromatic carbocycles. The predicted molar refractivity (Wildman–Crippen MR) is 73.5 cm³/mol. The van der Waals surface area contributed by atoms with Gasteiger partial charge >= 0.3 is 0 Å². The number of amides is 1. The number of ether oxygens (including phenoxy) is 1. The first-order valence-corrected chi connectivity index (χ1v) is 7.23. The maximum absolute atomic E-state index is 11.5. The van der Waals surface area contributed by atoms with E-state index in [0.717, 1.165) is 39.0 Å². The van der Waals surface area contributed by atoms with Gasteiger partial charge in [0.15, 0.2) is 0 Å². The van der Waals surface area contributed by atoms with Gasteiger partial charge in [-0.2, -0.15) is 0 Å². The molecule has 0 aliphatic carbocycles. The van der Waals surface area contributed by atoms with Crippen LogP contribution in [0.25, 0.3) is 0 Å². The molecular weight excluding hydrogens is 228 g/mol. The molecule has 1 heterocycles. The molecule has 2 N–H and O–H groups in total. The van der Waals surface area contributed by atoms with Crippen molar-refractivity contribution in [2.24, 2.45) is 5.92 Å². The molecule has 0 aromatic rings. The van der Waals surface area contributed by atoms with Crippen LogP contribution in [0.2, 0.25) is 0 Å². The van der Waals surface area contributed by atoms with Crippen molar-refractivity contribution in [3.8, 4) is 0 Å². The van der Waals surface area contributed by atoms with E-state index in [9.17, 15) is 4.79 Å². The Morgan fingerprint density at radius 2 is 2.22 bits per heavy atom. The second-order valence-corrected chi connectivity index (χ2v) is 5.52. The summed E-state index contributed by atoms with van der Waals surface area (Å²) in [6.45, 7) is 8.75. The zero-order chi connectivity index (χ0) is 13.4. The van der Waals surface area contributed by atoms with Crippen LogP contribution in [0.5, 0.6) is 0 Å². The van der Waals surface area contributed by atoms with E-state index in [1.807, 2.05) is 0 Å². The van der Waals surface area contributed by atoms with Crippen LogP contribution in [-0.2, 0) is 9.53 Å². The smallest absolute Gasteiger partial charge is 0.221 e. The van der Waals surface area contributed by atoms with Gasteiger partial charge in [0, 0.05) is 32.2 Å². The Balaban J connectivity index is 2.08. The minimum Gasteiger partial charge on any atom is -0.378 e. The van der Waals surface area contributed by atoms with Crippen LogP contribution in [0, 0.1) is 5.92 Å². The molecule has 1 aliphatic heterocycles. The largest absolute Gasteiger partial charge is 0.378 e. The number of carbonyl (C=O) groups is 1. The molecule has 0 spiro atoms. The fraction of sp³-hybridized carbons (Fsp3) is 0.929. The molecular formula is C14H28N2O2. The van der Waals surface area contributed by atoms with E-state index in [2.05, 4.69) is 31.4 Å². The monoisotopic (exact) mass is 256 g/mol. The molecule has 18 heavy (non-hydrogen) atoms. The summed E-state index contributed by atoms with van der Waals surface area (Å²) in [5.41, 5.74) is 0. The normalized spacial score (nSPS) is 24.2. The number of carbonyl (C=O) groups excluding carboxylic acids is 1. The summed E-state index contributed by atoms with van der Waals surface area (Å²) >= 11 is 0. The topological polar surface area (TPSA) is 50.4 Å². The molecule has 1 amide bonds. The lowest BCUT2D eigenvalue weighted by atomic mass is 10.0. The molecule has 4 heteroatoms. The van der Waals surface area contributed by atoms with Crippen molar-refractivity contribution in [1.29, 1.82) is 0 Å². The summed E-state index contributed by atoms with van der Waals surface area (Å²) < 4.78 is 5.63. The fourth-order valence-corrected chi connectivity index (χ4v) is 2.15. The molecule has 1 saturated heterocycles. The summed E-state index contributed by atoms with van der Waals surface area (Å²) in [5.74, 6) is 0.665.